The molecule has 0 saturated carbocycles. The fourth-order valence-electron chi connectivity index (χ4n) is 4.07. The highest BCUT2D eigenvalue weighted by molar-refractivity contribution is 7.91. The highest BCUT2D eigenvalue weighted by atomic mass is 32.2. The van der Waals surface area contributed by atoms with Gasteiger partial charge in [-0.25, -0.2) is 8.42 Å². The molecule has 2 heterocycles. The van der Waals surface area contributed by atoms with Crippen LogP contribution in [0.25, 0.3) is 41.7 Å². The molecule has 0 amide bonds. The van der Waals surface area contributed by atoms with Crippen molar-refractivity contribution in [2.45, 2.75) is 9.79 Å². The Bertz CT molecular complexity index is 1840. The molecule has 33 heavy (non-hydrogen) atoms. The third kappa shape index (κ3) is 3.28. The lowest BCUT2D eigenvalue weighted by Crippen LogP contribution is -2.18. The molecule has 0 unspecified atom stereocenters. The first-order valence-electron chi connectivity index (χ1n) is 10.1. The summed E-state index contributed by atoms with van der Waals surface area (Å²) in [5.74, 6) is 0. The lowest BCUT2D eigenvalue weighted by molar-refractivity contribution is 0.595. The second kappa shape index (κ2) is 7.31. The van der Waals surface area contributed by atoms with Gasteiger partial charge < -0.3 is 0 Å². The van der Waals surface area contributed by atoms with Crippen molar-refractivity contribution in [1.29, 1.82) is 0 Å². The molecule has 0 fully saturated rings. The Labute approximate surface area is 195 Å². The van der Waals surface area contributed by atoms with Crippen LogP contribution in [0.5, 0.6) is 0 Å². The molecule has 0 bridgehead atoms. The van der Waals surface area contributed by atoms with E-state index < -0.39 is 19.3 Å². The number of fused-ring (bicyclic) bond motifs is 4. The third-order valence-corrected chi connectivity index (χ3v) is 9.70. The predicted octanol–water partition coefficient (Wildman–Crippen LogP) is 5.98. The van der Waals surface area contributed by atoms with Gasteiger partial charge in [0.25, 0.3) is 9.48 Å². The molecule has 0 aliphatic heterocycles. The Hall–Kier alpha value is -3.39. The van der Waals surface area contributed by atoms with Crippen molar-refractivity contribution in [2.75, 3.05) is 0 Å². The first kappa shape index (κ1) is 20.2. The summed E-state index contributed by atoms with van der Waals surface area (Å²) in [4.78, 5) is 25.0. The van der Waals surface area contributed by atoms with Crippen molar-refractivity contribution in [1.82, 2.24) is 0 Å². The normalized spacial score (nSPS) is 12.1. The first-order chi connectivity index (χ1) is 15.9. The molecule has 0 aliphatic carbocycles. The minimum atomic E-state index is -4.29. The summed E-state index contributed by atoms with van der Waals surface area (Å²) >= 11 is 1.77. The summed E-state index contributed by atoms with van der Waals surface area (Å²) in [5, 5.41) is 5.15. The maximum absolute atomic E-state index is 13.5. The number of hydrogen-bond acceptors (Lipinski definition) is 6. The van der Waals surface area contributed by atoms with E-state index in [0.29, 0.717) is 20.2 Å². The van der Waals surface area contributed by atoms with E-state index in [4.69, 9.17) is 0 Å². The van der Waals surface area contributed by atoms with E-state index in [2.05, 4.69) is 0 Å². The number of benzene rings is 4. The Morgan fingerprint density at radius 2 is 0.848 bits per heavy atom. The van der Waals surface area contributed by atoms with E-state index >= 15 is 0 Å². The van der Waals surface area contributed by atoms with Crippen molar-refractivity contribution >= 4 is 74.2 Å². The van der Waals surface area contributed by atoms with Gasteiger partial charge >= 0.3 is 0 Å². The molecule has 160 valence electrons. The van der Waals surface area contributed by atoms with Gasteiger partial charge in [-0.2, -0.15) is 0 Å². The molecule has 0 saturated heterocycles. The Morgan fingerprint density at radius 1 is 0.485 bits per heavy atom. The van der Waals surface area contributed by atoms with Crippen LogP contribution in [-0.4, -0.2) is 8.42 Å². The van der Waals surface area contributed by atoms with Crippen LogP contribution < -0.4 is 9.48 Å². The second-order valence-electron chi connectivity index (χ2n) is 7.77. The topological polar surface area (TPSA) is 68.3 Å². The Balaban J connectivity index is 1.59. The number of sulfone groups is 1. The molecule has 2 aromatic heterocycles. The van der Waals surface area contributed by atoms with E-state index in [-0.39, 0.29) is 9.79 Å². The number of rotatable bonds is 2. The van der Waals surface area contributed by atoms with E-state index in [0.717, 1.165) is 44.2 Å². The van der Waals surface area contributed by atoms with Gasteiger partial charge in [0.15, 0.2) is 0 Å². The van der Waals surface area contributed by atoms with Crippen LogP contribution in [0, 0.1) is 0 Å². The van der Waals surface area contributed by atoms with E-state index in [1.807, 2.05) is 72.8 Å². The molecule has 0 spiro atoms. The quantitative estimate of drug-likeness (QED) is 0.283. The van der Waals surface area contributed by atoms with E-state index in [1.165, 1.54) is 12.1 Å². The predicted molar refractivity (Wildman–Crippen MR) is 137 cm³/mol. The van der Waals surface area contributed by atoms with Crippen molar-refractivity contribution in [2.24, 2.45) is 0 Å². The zero-order chi connectivity index (χ0) is 22.7. The molecule has 0 atom stereocenters. The summed E-state index contributed by atoms with van der Waals surface area (Å²) in [7, 11) is -4.29. The maximum Gasteiger partial charge on any atom is 0.251 e. The van der Waals surface area contributed by atoms with Crippen LogP contribution in [-0.2, 0) is 9.84 Å². The van der Waals surface area contributed by atoms with Gasteiger partial charge in [-0.05, 0) is 68.7 Å². The minimum Gasteiger partial charge on any atom is -0.276 e. The fraction of sp³-hybridized carbons (Fsp3) is 0. The average molecular weight is 487 g/mol. The van der Waals surface area contributed by atoms with Crippen LogP contribution in [0.4, 0.5) is 0 Å². The van der Waals surface area contributed by atoms with Gasteiger partial charge in [0, 0.05) is 9.40 Å². The molecular weight excluding hydrogens is 472 g/mol. The van der Waals surface area contributed by atoms with E-state index in [1.54, 1.807) is 0 Å². The summed E-state index contributed by atoms with van der Waals surface area (Å²) < 4.78 is 27.2. The highest BCUT2D eigenvalue weighted by Crippen LogP contribution is 2.30. The monoisotopic (exact) mass is 486 g/mol. The third-order valence-electron chi connectivity index (χ3n) is 5.72. The van der Waals surface area contributed by atoms with Gasteiger partial charge in [0.1, 0.15) is 9.79 Å². The minimum absolute atomic E-state index is 0.361. The van der Waals surface area contributed by atoms with Crippen molar-refractivity contribution < 1.29 is 8.42 Å². The first-order valence-corrected chi connectivity index (χ1v) is 13.2. The van der Waals surface area contributed by atoms with Crippen molar-refractivity contribution in [3.05, 3.63) is 104 Å². The highest BCUT2D eigenvalue weighted by Gasteiger charge is 2.26. The average Bonchev–Trinajstić information content (AvgIpc) is 2.80. The van der Waals surface area contributed by atoms with Crippen LogP contribution in [0.3, 0.4) is 0 Å². The van der Waals surface area contributed by atoms with Gasteiger partial charge in [-0.3, -0.25) is 9.59 Å². The molecule has 4 aromatic carbocycles. The molecule has 0 N–H and O–H groups in total. The smallest absolute Gasteiger partial charge is 0.251 e. The zero-order valence-electron chi connectivity index (χ0n) is 16.9. The summed E-state index contributed by atoms with van der Waals surface area (Å²) in [5.41, 5.74) is 0. The van der Waals surface area contributed by atoms with Crippen LogP contribution >= 0.6 is 22.7 Å². The molecule has 4 nitrogen and oxygen atoms in total. The molecule has 6 aromatic rings. The molecular formula is C26H14O4S3. The molecule has 0 aliphatic rings. The zero-order valence-corrected chi connectivity index (χ0v) is 19.4. The van der Waals surface area contributed by atoms with Crippen molar-refractivity contribution in [3.8, 4) is 0 Å². The van der Waals surface area contributed by atoms with E-state index in [9.17, 15) is 18.0 Å². The largest absolute Gasteiger partial charge is 0.276 e. The summed E-state index contributed by atoms with van der Waals surface area (Å²) in [6, 6.07) is 25.7. The molecule has 7 heteroatoms. The fourth-order valence-corrected chi connectivity index (χ4v) is 7.78. The molecule has 6 rings (SSSR count). The summed E-state index contributed by atoms with van der Waals surface area (Å²) in [6.45, 7) is 0. The van der Waals surface area contributed by atoms with Gasteiger partial charge in [0.2, 0.25) is 9.84 Å². The number of hydrogen-bond donors (Lipinski definition) is 0. The van der Waals surface area contributed by atoms with Crippen LogP contribution in [0.2, 0.25) is 0 Å². The van der Waals surface area contributed by atoms with Gasteiger partial charge in [0.05, 0.1) is 0 Å². The van der Waals surface area contributed by atoms with Crippen LogP contribution in [0.1, 0.15) is 0 Å². The standard InChI is InChI=1S/C26H14O4S3/c27-25-23(13-19-9-15-5-1-3-7-17(15)11-21(19)31-25)33(29,30)24-14-20-10-16-6-2-4-8-18(16)12-22(20)32-26(24)28/h1-14H. The van der Waals surface area contributed by atoms with Gasteiger partial charge in [-0.15, -0.1) is 0 Å². The maximum atomic E-state index is 13.5. The second-order valence-corrected chi connectivity index (χ2v) is 11.7. The van der Waals surface area contributed by atoms with Crippen molar-refractivity contribution in [3.63, 3.8) is 0 Å². The Morgan fingerprint density at radius 3 is 1.24 bits per heavy atom. The SMILES string of the molecule is O=c1sc2cc3ccccc3cc2cc1S(=O)(=O)c1cc2cc3ccccc3cc2sc1=O. The lowest BCUT2D eigenvalue weighted by atomic mass is 10.1. The van der Waals surface area contributed by atoms with Gasteiger partial charge in [-0.1, -0.05) is 71.2 Å². The molecule has 0 radical (unpaired) electrons. The Kier molecular flexibility index (Phi) is 4.48. The van der Waals surface area contributed by atoms with Crippen LogP contribution in [0.15, 0.2) is 104 Å². The lowest BCUT2D eigenvalue weighted by Gasteiger charge is -2.07. The summed E-state index contributed by atoms with van der Waals surface area (Å²) in [6.07, 6.45) is 0.